The van der Waals surface area contributed by atoms with E-state index >= 15 is 0 Å². The predicted octanol–water partition coefficient (Wildman–Crippen LogP) is 14.1. The molecular weight excluding hydrogens is 532 g/mol. The summed E-state index contributed by atoms with van der Waals surface area (Å²) in [5.41, 5.74) is 5.30. The highest BCUT2D eigenvalue weighted by molar-refractivity contribution is 5.18. The maximum atomic E-state index is 4.18. The van der Waals surface area contributed by atoms with Crippen LogP contribution in [0.1, 0.15) is 157 Å². The Hall–Kier alpha value is -3.26. The average molecular weight is 603 g/mol. The maximum absolute atomic E-state index is 4.18. The molecule has 248 valence electrons. The Balaban J connectivity index is -0.000000225. The number of benzene rings is 2. The highest BCUT2D eigenvalue weighted by Gasteiger charge is 1.96. The van der Waals surface area contributed by atoms with Crippen LogP contribution in [-0.4, -0.2) is 9.97 Å². The molecule has 0 atom stereocenters. The predicted molar refractivity (Wildman–Crippen MR) is 203 cm³/mol. The van der Waals surface area contributed by atoms with E-state index in [9.17, 15) is 0 Å². The van der Waals surface area contributed by atoms with Crippen molar-refractivity contribution >= 4 is 0 Å². The van der Waals surface area contributed by atoms with E-state index in [4.69, 9.17) is 0 Å². The molecule has 0 bridgehead atoms. The minimum Gasteiger partial charge on any atom is -0.264 e. The topological polar surface area (TPSA) is 25.8 Å². The van der Waals surface area contributed by atoms with Crippen LogP contribution in [0.4, 0.5) is 0 Å². The molecule has 0 aliphatic heterocycles. The molecule has 0 spiro atoms. The van der Waals surface area contributed by atoms with Crippen LogP contribution in [0.2, 0.25) is 0 Å². The quantitative estimate of drug-likeness (QED) is 0.232. The van der Waals surface area contributed by atoms with E-state index < -0.39 is 0 Å². The Morgan fingerprint density at radius 2 is 0.727 bits per heavy atom. The van der Waals surface area contributed by atoms with E-state index in [2.05, 4.69) is 120 Å². The summed E-state index contributed by atoms with van der Waals surface area (Å²) in [6, 6.07) is 31.1. The van der Waals surface area contributed by atoms with Crippen LogP contribution >= 0.6 is 0 Å². The second-order valence-corrected chi connectivity index (χ2v) is 9.98. The fourth-order valence-corrected chi connectivity index (χ4v) is 3.11. The van der Waals surface area contributed by atoms with E-state index in [-0.39, 0.29) is 0 Å². The second kappa shape index (κ2) is 35.9. The molecule has 2 aromatic carbocycles. The number of hydrogen-bond donors (Lipinski definition) is 0. The number of nitrogens with zero attached hydrogens (tertiary/aromatic N) is 2. The minimum atomic E-state index is 0.547. The molecule has 0 saturated carbocycles. The number of rotatable bonds is 4. The first-order valence-corrected chi connectivity index (χ1v) is 17.1. The lowest BCUT2D eigenvalue weighted by molar-refractivity contribution is 0.823. The summed E-state index contributed by atoms with van der Waals surface area (Å²) in [5, 5.41) is 0. The van der Waals surface area contributed by atoms with Gasteiger partial charge in [-0.25, -0.2) is 0 Å². The summed E-state index contributed by atoms with van der Waals surface area (Å²) < 4.78 is 0. The molecule has 0 aliphatic rings. The summed E-state index contributed by atoms with van der Waals surface area (Å²) >= 11 is 0. The average Bonchev–Trinajstić information content (AvgIpc) is 3.11. The Bertz CT molecular complexity index is 836. The van der Waals surface area contributed by atoms with Crippen LogP contribution in [-0.2, 0) is 0 Å². The van der Waals surface area contributed by atoms with Crippen molar-refractivity contribution in [2.75, 3.05) is 0 Å². The lowest BCUT2D eigenvalue weighted by Gasteiger charge is -2.01. The molecule has 0 saturated heterocycles. The molecule has 0 aliphatic carbocycles. The number of pyridine rings is 2. The van der Waals surface area contributed by atoms with Gasteiger partial charge < -0.3 is 0 Å². The van der Waals surface area contributed by atoms with Crippen molar-refractivity contribution in [3.05, 3.63) is 132 Å². The molecule has 0 radical (unpaired) electrons. The van der Waals surface area contributed by atoms with Gasteiger partial charge in [0.1, 0.15) is 0 Å². The fourth-order valence-electron chi connectivity index (χ4n) is 3.11. The molecule has 2 nitrogen and oxygen atoms in total. The van der Waals surface area contributed by atoms with E-state index in [0.29, 0.717) is 23.7 Å². The highest BCUT2D eigenvalue weighted by Crippen LogP contribution is 2.13. The van der Waals surface area contributed by atoms with Crippen molar-refractivity contribution in [3.8, 4) is 0 Å². The Morgan fingerprint density at radius 1 is 0.364 bits per heavy atom. The lowest BCUT2D eigenvalue weighted by atomic mass is 10.0. The smallest absolute Gasteiger partial charge is 0.0428 e. The van der Waals surface area contributed by atoms with Crippen LogP contribution in [0.5, 0.6) is 0 Å². The van der Waals surface area contributed by atoms with Gasteiger partial charge in [-0.1, -0.05) is 184 Å². The molecule has 0 unspecified atom stereocenters. The second-order valence-electron chi connectivity index (χ2n) is 9.98. The molecule has 0 fully saturated rings. The highest BCUT2D eigenvalue weighted by atomic mass is 14.7. The monoisotopic (exact) mass is 603 g/mol. The zero-order valence-electron chi connectivity index (χ0n) is 31.6. The molecule has 2 heteroatoms. The molecule has 44 heavy (non-hydrogen) atoms. The Kier molecular flexibility index (Phi) is 38.9. The van der Waals surface area contributed by atoms with E-state index in [1.165, 1.54) is 16.7 Å². The molecule has 4 rings (SSSR count). The maximum Gasteiger partial charge on any atom is 0.0428 e. The van der Waals surface area contributed by atoms with Gasteiger partial charge in [0.25, 0.3) is 0 Å². The van der Waals surface area contributed by atoms with Gasteiger partial charge in [-0.15, -0.1) is 0 Å². The SMILES string of the molecule is CC.CC.CC.CC.CC(C)c1ccccc1.CC(C)c1ccccc1.CC(C)c1ccccn1.CC(C)c1cccnc1. The van der Waals surface area contributed by atoms with E-state index in [1.807, 2.05) is 104 Å². The first-order valence-electron chi connectivity index (χ1n) is 17.1. The van der Waals surface area contributed by atoms with Crippen molar-refractivity contribution in [2.45, 2.75) is 134 Å². The van der Waals surface area contributed by atoms with Crippen molar-refractivity contribution < 1.29 is 0 Å². The molecule has 2 heterocycles. The van der Waals surface area contributed by atoms with Crippen molar-refractivity contribution in [3.63, 3.8) is 0 Å². The zero-order valence-corrected chi connectivity index (χ0v) is 31.6. The van der Waals surface area contributed by atoms with Crippen molar-refractivity contribution in [1.29, 1.82) is 0 Å². The summed E-state index contributed by atoms with van der Waals surface area (Å²) in [6.07, 6.45) is 5.53. The van der Waals surface area contributed by atoms with Crippen molar-refractivity contribution in [2.24, 2.45) is 0 Å². The summed E-state index contributed by atoms with van der Waals surface area (Å²) in [7, 11) is 0. The largest absolute Gasteiger partial charge is 0.264 e. The van der Waals surface area contributed by atoms with Gasteiger partial charge in [-0.05, 0) is 58.6 Å². The third kappa shape index (κ3) is 27.6. The molecule has 0 amide bonds. The van der Waals surface area contributed by atoms with Crippen LogP contribution in [0.25, 0.3) is 0 Å². The Labute approximate surface area is 275 Å². The molecule has 2 aromatic heterocycles. The lowest BCUT2D eigenvalue weighted by Crippen LogP contribution is -1.88. The van der Waals surface area contributed by atoms with Crippen LogP contribution in [0.3, 0.4) is 0 Å². The molecule has 4 aromatic rings. The van der Waals surface area contributed by atoms with E-state index in [0.717, 1.165) is 5.69 Å². The van der Waals surface area contributed by atoms with Crippen LogP contribution < -0.4 is 0 Å². The van der Waals surface area contributed by atoms with Gasteiger partial charge in [0, 0.05) is 24.3 Å². The van der Waals surface area contributed by atoms with Crippen LogP contribution in [0, 0.1) is 0 Å². The van der Waals surface area contributed by atoms with Gasteiger partial charge >= 0.3 is 0 Å². The molecular formula is C42H70N2. The summed E-state index contributed by atoms with van der Waals surface area (Å²) in [4.78, 5) is 8.18. The van der Waals surface area contributed by atoms with Crippen LogP contribution in [0.15, 0.2) is 110 Å². The minimum absolute atomic E-state index is 0.547. The summed E-state index contributed by atoms with van der Waals surface area (Å²) in [6.45, 7) is 33.4. The standard InChI is InChI=1S/2C9H12.2C8H11N.4C2H6/c2*1-8(2)9-6-4-3-5-7-9;1-7(2)8-4-3-5-9-6-8;1-7(2)8-5-3-4-6-9-8;4*1-2/h2*3-8H,1-2H3;2*3-7H,1-2H3;4*1-2H3. The third-order valence-corrected chi connectivity index (χ3v) is 5.56. The number of hydrogen-bond acceptors (Lipinski definition) is 2. The summed E-state index contributed by atoms with van der Waals surface area (Å²) in [5.74, 6) is 2.46. The fraction of sp³-hybridized carbons (Fsp3) is 0.476. The third-order valence-electron chi connectivity index (χ3n) is 5.56. The number of aromatic nitrogens is 2. The van der Waals surface area contributed by atoms with Gasteiger partial charge in [-0.2, -0.15) is 0 Å². The Morgan fingerprint density at radius 3 is 0.932 bits per heavy atom. The van der Waals surface area contributed by atoms with Gasteiger partial charge in [0.15, 0.2) is 0 Å². The van der Waals surface area contributed by atoms with Crippen molar-refractivity contribution in [1.82, 2.24) is 9.97 Å². The van der Waals surface area contributed by atoms with Gasteiger partial charge in [0.2, 0.25) is 0 Å². The molecule has 0 N–H and O–H groups in total. The van der Waals surface area contributed by atoms with Gasteiger partial charge in [0.05, 0.1) is 0 Å². The first-order chi connectivity index (χ1) is 21.2. The van der Waals surface area contributed by atoms with Gasteiger partial charge in [-0.3, -0.25) is 9.97 Å². The zero-order chi connectivity index (χ0) is 34.8. The van der Waals surface area contributed by atoms with E-state index in [1.54, 1.807) is 6.20 Å². The first kappa shape index (κ1) is 47.7. The normalized spacial score (nSPS) is 8.82.